The van der Waals surface area contributed by atoms with Gasteiger partial charge in [-0.1, -0.05) is 41.6 Å². The van der Waals surface area contributed by atoms with Gasteiger partial charge in [0.2, 0.25) is 11.7 Å². The summed E-state index contributed by atoms with van der Waals surface area (Å²) in [5, 5.41) is 34.4. The third kappa shape index (κ3) is 4.80. The van der Waals surface area contributed by atoms with Crippen LogP contribution in [0, 0.1) is 13.8 Å². The van der Waals surface area contributed by atoms with Crippen molar-refractivity contribution in [3.63, 3.8) is 0 Å². The predicted octanol–water partition coefficient (Wildman–Crippen LogP) is 3.86. The maximum atomic E-state index is 11.1. The average Bonchev–Trinajstić information content (AvgIpc) is 3.56. The van der Waals surface area contributed by atoms with Crippen LogP contribution in [0.4, 0.5) is 0 Å². The number of aliphatic carboxylic acids is 1. The largest absolute Gasteiger partial charge is 0.480 e. The Morgan fingerprint density at radius 2 is 1.63 bits per heavy atom. The fraction of sp³-hybridized carbons (Fsp3) is 0.214. The fourth-order valence-electron chi connectivity index (χ4n) is 4.43. The SMILES string of the molecule is Cc1c(-c2noc(CO)n2)cccc1-c1cccc(-c2nc3cc(CNC(CO)C(=O)O)ccc3o2)c1C. The third-order valence-corrected chi connectivity index (χ3v) is 6.52. The van der Waals surface area contributed by atoms with E-state index in [1.54, 1.807) is 6.07 Å². The maximum absolute atomic E-state index is 11.1. The Kier molecular flexibility index (Phi) is 7.01. The molecule has 194 valence electrons. The Morgan fingerprint density at radius 1 is 0.947 bits per heavy atom. The number of aromatic nitrogens is 3. The van der Waals surface area contributed by atoms with Crippen molar-refractivity contribution in [2.75, 3.05) is 6.61 Å². The number of aliphatic hydroxyl groups is 2. The zero-order valence-corrected chi connectivity index (χ0v) is 20.8. The third-order valence-electron chi connectivity index (χ3n) is 6.52. The molecule has 0 amide bonds. The number of hydrogen-bond donors (Lipinski definition) is 4. The minimum absolute atomic E-state index is 0.160. The van der Waals surface area contributed by atoms with Crippen molar-refractivity contribution in [3.8, 4) is 34.0 Å². The molecule has 1 unspecified atom stereocenters. The van der Waals surface area contributed by atoms with Gasteiger partial charge in [0.25, 0.3) is 5.89 Å². The molecular weight excluding hydrogens is 488 g/mol. The summed E-state index contributed by atoms with van der Waals surface area (Å²) in [5.41, 5.74) is 7.69. The second-order valence-electron chi connectivity index (χ2n) is 8.90. The lowest BCUT2D eigenvalue weighted by molar-refractivity contribution is -0.140. The first-order valence-electron chi connectivity index (χ1n) is 12.0. The topological polar surface area (TPSA) is 155 Å². The highest BCUT2D eigenvalue weighted by Crippen LogP contribution is 2.36. The van der Waals surface area contributed by atoms with Gasteiger partial charge < -0.3 is 24.3 Å². The van der Waals surface area contributed by atoms with Crippen LogP contribution in [0.25, 0.3) is 45.1 Å². The van der Waals surface area contributed by atoms with Crippen molar-refractivity contribution in [1.82, 2.24) is 20.4 Å². The molecule has 0 fully saturated rings. The molecule has 10 nitrogen and oxygen atoms in total. The zero-order valence-electron chi connectivity index (χ0n) is 20.8. The van der Waals surface area contributed by atoms with Crippen molar-refractivity contribution in [3.05, 3.63) is 77.2 Å². The lowest BCUT2D eigenvalue weighted by Gasteiger charge is -2.13. The highest BCUT2D eigenvalue weighted by Gasteiger charge is 2.19. The minimum Gasteiger partial charge on any atom is -0.480 e. The van der Waals surface area contributed by atoms with Crippen molar-refractivity contribution < 1.29 is 29.1 Å². The van der Waals surface area contributed by atoms with Crippen LogP contribution in [0.15, 0.2) is 63.5 Å². The molecule has 0 saturated carbocycles. The fourth-order valence-corrected chi connectivity index (χ4v) is 4.43. The van der Waals surface area contributed by atoms with E-state index >= 15 is 0 Å². The van der Waals surface area contributed by atoms with Crippen LogP contribution in [0.5, 0.6) is 0 Å². The molecule has 5 aromatic rings. The van der Waals surface area contributed by atoms with E-state index in [9.17, 15) is 15.0 Å². The number of rotatable bonds is 9. The molecule has 2 heterocycles. The molecule has 10 heteroatoms. The molecule has 38 heavy (non-hydrogen) atoms. The van der Waals surface area contributed by atoms with Gasteiger partial charge in [0, 0.05) is 17.7 Å². The van der Waals surface area contributed by atoms with E-state index in [1.807, 2.05) is 62.4 Å². The zero-order chi connectivity index (χ0) is 26.8. The van der Waals surface area contributed by atoms with Crippen molar-refractivity contribution in [1.29, 1.82) is 0 Å². The van der Waals surface area contributed by atoms with E-state index in [2.05, 4.69) is 15.5 Å². The van der Waals surface area contributed by atoms with Crippen LogP contribution >= 0.6 is 0 Å². The van der Waals surface area contributed by atoms with Gasteiger partial charge in [-0.15, -0.1) is 0 Å². The van der Waals surface area contributed by atoms with Crippen molar-refractivity contribution >= 4 is 17.1 Å². The number of carboxylic acid groups (broad SMARTS) is 1. The molecule has 0 bridgehead atoms. The molecule has 0 aliphatic rings. The molecule has 4 N–H and O–H groups in total. The molecule has 3 aromatic carbocycles. The molecule has 0 aliphatic carbocycles. The van der Waals surface area contributed by atoms with E-state index in [0.29, 0.717) is 22.8 Å². The van der Waals surface area contributed by atoms with E-state index < -0.39 is 18.6 Å². The molecule has 0 spiro atoms. The normalized spacial score (nSPS) is 12.2. The van der Waals surface area contributed by atoms with E-state index in [-0.39, 0.29) is 19.0 Å². The van der Waals surface area contributed by atoms with E-state index in [1.165, 1.54) is 0 Å². The summed E-state index contributed by atoms with van der Waals surface area (Å²) >= 11 is 0. The van der Waals surface area contributed by atoms with Gasteiger partial charge in [0.05, 0.1) is 6.61 Å². The van der Waals surface area contributed by atoms with Gasteiger partial charge in [-0.25, -0.2) is 4.98 Å². The van der Waals surface area contributed by atoms with Crippen LogP contribution in [0.3, 0.4) is 0 Å². The van der Waals surface area contributed by atoms with Gasteiger partial charge in [0.15, 0.2) is 5.58 Å². The smallest absolute Gasteiger partial charge is 0.323 e. The molecule has 0 radical (unpaired) electrons. The van der Waals surface area contributed by atoms with Gasteiger partial charge in [-0.05, 0) is 59.9 Å². The van der Waals surface area contributed by atoms with Crippen LogP contribution < -0.4 is 5.32 Å². The number of nitrogens with zero attached hydrogens (tertiary/aromatic N) is 3. The quantitative estimate of drug-likeness (QED) is 0.228. The van der Waals surface area contributed by atoms with Gasteiger partial charge >= 0.3 is 5.97 Å². The molecule has 1 atom stereocenters. The summed E-state index contributed by atoms with van der Waals surface area (Å²) in [6.07, 6.45) is 0. The van der Waals surface area contributed by atoms with Crippen molar-refractivity contribution in [2.24, 2.45) is 0 Å². The summed E-state index contributed by atoms with van der Waals surface area (Å²) in [6.45, 7) is 3.45. The summed E-state index contributed by atoms with van der Waals surface area (Å²) < 4.78 is 11.2. The van der Waals surface area contributed by atoms with Crippen LogP contribution in [-0.2, 0) is 17.9 Å². The summed E-state index contributed by atoms with van der Waals surface area (Å²) in [6, 6.07) is 16.2. The first-order valence-corrected chi connectivity index (χ1v) is 12.0. The van der Waals surface area contributed by atoms with E-state index in [4.69, 9.17) is 19.0 Å². The number of hydrogen-bond acceptors (Lipinski definition) is 9. The van der Waals surface area contributed by atoms with E-state index in [0.717, 1.165) is 38.9 Å². The minimum atomic E-state index is -1.11. The highest BCUT2D eigenvalue weighted by molar-refractivity contribution is 5.83. The van der Waals surface area contributed by atoms with Gasteiger partial charge in [-0.3, -0.25) is 10.1 Å². The Balaban J connectivity index is 1.47. The van der Waals surface area contributed by atoms with Crippen LogP contribution in [-0.4, -0.2) is 49.1 Å². The molecule has 2 aromatic heterocycles. The number of carboxylic acids is 1. The van der Waals surface area contributed by atoms with Crippen LogP contribution in [0.2, 0.25) is 0 Å². The van der Waals surface area contributed by atoms with Crippen molar-refractivity contribution in [2.45, 2.75) is 33.0 Å². The molecular formula is C28H26N4O6. The lowest BCUT2D eigenvalue weighted by atomic mass is 9.91. The molecule has 0 saturated heterocycles. The summed E-state index contributed by atoms with van der Waals surface area (Å²) in [4.78, 5) is 20.1. The number of benzene rings is 3. The Bertz CT molecular complexity index is 1620. The second kappa shape index (κ2) is 10.5. The number of carbonyl (C=O) groups is 1. The highest BCUT2D eigenvalue weighted by atomic mass is 16.5. The first kappa shape index (κ1) is 25.3. The number of nitrogens with one attached hydrogen (secondary N) is 1. The number of aliphatic hydroxyl groups excluding tert-OH is 2. The number of oxazole rings is 1. The Morgan fingerprint density at radius 3 is 2.29 bits per heavy atom. The molecule has 5 rings (SSSR count). The lowest BCUT2D eigenvalue weighted by Crippen LogP contribution is -2.39. The monoisotopic (exact) mass is 514 g/mol. The summed E-state index contributed by atoms with van der Waals surface area (Å²) in [7, 11) is 0. The second-order valence-corrected chi connectivity index (χ2v) is 8.90. The maximum Gasteiger partial charge on any atom is 0.323 e. The predicted molar refractivity (Wildman–Crippen MR) is 139 cm³/mol. The average molecular weight is 515 g/mol. The standard InChI is InChI=1S/C28H26N4O6/c1-15-18(5-3-7-20(15)26-31-25(14-34)38-32-26)19-6-4-8-21(16(19)2)27-30-22-11-17(9-10-24(22)37-27)12-29-23(13-33)28(35)36/h3-11,23,29,33-34H,12-14H2,1-2H3,(H,35,36). The van der Waals surface area contributed by atoms with Gasteiger partial charge in [-0.2, -0.15) is 4.98 Å². The Labute approximate surface area is 217 Å². The first-order chi connectivity index (χ1) is 18.4. The Hall–Kier alpha value is -4.38. The summed E-state index contributed by atoms with van der Waals surface area (Å²) in [5.74, 6) is -0.0588. The number of fused-ring (bicyclic) bond motifs is 1. The van der Waals surface area contributed by atoms with Crippen LogP contribution in [0.1, 0.15) is 22.6 Å². The van der Waals surface area contributed by atoms with Gasteiger partial charge in [0.1, 0.15) is 18.2 Å². The molecule has 0 aliphatic heterocycles.